The van der Waals surface area contributed by atoms with Gasteiger partial charge in [0.2, 0.25) is 11.8 Å². The molecule has 4 nitrogen and oxygen atoms in total. The van der Waals surface area contributed by atoms with Gasteiger partial charge in [-0.3, -0.25) is 0 Å². The van der Waals surface area contributed by atoms with Gasteiger partial charge in [-0.2, -0.15) is 4.98 Å². The Morgan fingerprint density at radius 2 is 2.26 bits per heavy atom. The van der Waals surface area contributed by atoms with E-state index in [1.807, 2.05) is 11.3 Å². The fourth-order valence-corrected chi connectivity index (χ4v) is 3.02. The molecule has 19 heavy (non-hydrogen) atoms. The molecular formula is C14H19N3OS. The van der Waals surface area contributed by atoms with Crippen LogP contribution in [0.1, 0.15) is 35.2 Å². The first-order valence-corrected chi connectivity index (χ1v) is 7.18. The van der Waals surface area contributed by atoms with Gasteiger partial charge in [0.1, 0.15) is 0 Å². The highest BCUT2D eigenvalue weighted by Gasteiger charge is 2.12. The van der Waals surface area contributed by atoms with E-state index >= 15 is 0 Å². The minimum absolute atomic E-state index is 0.191. The van der Waals surface area contributed by atoms with Crippen molar-refractivity contribution in [3.05, 3.63) is 33.6 Å². The Morgan fingerprint density at radius 3 is 2.89 bits per heavy atom. The zero-order valence-corrected chi connectivity index (χ0v) is 12.5. The number of hydrogen-bond acceptors (Lipinski definition) is 5. The molecule has 0 aliphatic rings. The number of methoxy groups -OCH3 is 1. The molecule has 0 fully saturated rings. The fourth-order valence-electron chi connectivity index (χ4n) is 1.90. The molecule has 102 valence electrons. The molecule has 0 aromatic carbocycles. The van der Waals surface area contributed by atoms with Crippen molar-refractivity contribution >= 4 is 17.3 Å². The number of ether oxygens (including phenoxy) is 1. The molecule has 2 aromatic rings. The lowest BCUT2D eigenvalue weighted by molar-refractivity contribution is 0.397. The van der Waals surface area contributed by atoms with Gasteiger partial charge in [-0.1, -0.05) is 6.92 Å². The lowest BCUT2D eigenvalue weighted by atomic mass is 10.2. The number of thiophene rings is 1. The van der Waals surface area contributed by atoms with Crippen molar-refractivity contribution < 1.29 is 4.74 Å². The topological polar surface area (TPSA) is 47.0 Å². The summed E-state index contributed by atoms with van der Waals surface area (Å²) in [5.74, 6) is 1.16. The SMILES string of the molecule is CCc1sc(C(C)Nc2nccc(OC)n2)cc1C. The van der Waals surface area contributed by atoms with Crippen molar-refractivity contribution in [2.24, 2.45) is 0 Å². The predicted octanol–water partition coefficient (Wildman–Crippen LogP) is 3.59. The summed E-state index contributed by atoms with van der Waals surface area (Å²) in [5, 5.41) is 3.31. The van der Waals surface area contributed by atoms with Crippen molar-refractivity contribution in [2.75, 3.05) is 12.4 Å². The summed E-state index contributed by atoms with van der Waals surface area (Å²) in [7, 11) is 1.60. The highest BCUT2D eigenvalue weighted by atomic mass is 32.1. The molecule has 0 amide bonds. The number of hydrogen-bond donors (Lipinski definition) is 1. The van der Waals surface area contributed by atoms with E-state index in [-0.39, 0.29) is 6.04 Å². The van der Waals surface area contributed by atoms with Crippen LogP contribution in [-0.2, 0) is 6.42 Å². The maximum Gasteiger partial charge on any atom is 0.226 e. The third-order valence-corrected chi connectivity index (χ3v) is 4.54. The molecule has 0 spiro atoms. The lowest BCUT2D eigenvalue weighted by Gasteiger charge is -2.12. The number of aryl methyl sites for hydroxylation is 2. The molecule has 0 aliphatic carbocycles. The minimum Gasteiger partial charge on any atom is -0.481 e. The molecule has 1 N–H and O–H groups in total. The van der Waals surface area contributed by atoms with Gasteiger partial charge in [0.25, 0.3) is 0 Å². The maximum absolute atomic E-state index is 5.09. The molecule has 0 saturated heterocycles. The Balaban J connectivity index is 2.13. The van der Waals surface area contributed by atoms with Gasteiger partial charge < -0.3 is 10.1 Å². The minimum atomic E-state index is 0.191. The van der Waals surface area contributed by atoms with Crippen molar-refractivity contribution in [3.8, 4) is 5.88 Å². The first kappa shape index (κ1) is 13.8. The van der Waals surface area contributed by atoms with Crippen molar-refractivity contribution in [1.29, 1.82) is 0 Å². The molecule has 0 bridgehead atoms. The molecule has 2 aromatic heterocycles. The van der Waals surface area contributed by atoms with Gasteiger partial charge in [0.15, 0.2) is 0 Å². The van der Waals surface area contributed by atoms with E-state index in [0.29, 0.717) is 11.8 Å². The first-order valence-electron chi connectivity index (χ1n) is 6.36. The molecule has 1 unspecified atom stereocenters. The van der Waals surface area contributed by atoms with E-state index in [9.17, 15) is 0 Å². The second kappa shape index (κ2) is 6.02. The highest BCUT2D eigenvalue weighted by molar-refractivity contribution is 7.12. The molecule has 2 rings (SSSR count). The fraction of sp³-hybridized carbons (Fsp3) is 0.429. The summed E-state index contributed by atoms with van der Waals surface area (Å²) in [6.45, 7) is 6.47. The third-order valence-electron chi connectivity index (χ3n) is 2.97. The summed E-state index contributed by atoms with van der Waals surface area (Å²) in [5.41, 5.74) is 1.36. The normalized spacial score (nSPS) is 12.2. The quantitative estimate of drug-likeness (QED) is 0.907. The standard InChI is InChI=1S/C14H19N3OS/c1-5-11-9(2)8-12(19-11)10(3)16-14-15-7-6-13(17-14)18-4/h6-8,10H,5H2,1-4H3,(H,15,16,17). The van der Waals surface area contributed by atoms with Gasteiger partial charge in [-0.05, 0) is 31.9 Å². The summed E-state index contributed by atoms with van der Waals surface area (Å²) in [6, 6.07) is 4.16. The number of aromatic nitrogens is 2. The second-order valence-electron chi connectivity index (χ2n) is 4.40. The van der Waals surface area contributed by atoms with E-state index in [0.717, 1.165) is 6.42 Å². The summed E-state index contributed by atoms with van der Waals surface area (Å²) in [4.78, 5) is 11.2. The Kier molecular flexibility index (Phi) is 4.37. The molecule has 1 atom stereocenters. The van der Waals surface area contributed by atoms with Gasteiger partial charge >= 0.3 is 0 Å². The predicted molar refractivity (Wildman–Crippen MR) is 79.1 cm³/mol. The maximum atomic E-state index is 5.09. The number of anilines is 1. The number of nitrogens with zero attached hydrogens (tertiary/aromatic N) is 2. The van der Waals surface area contributed by atoms with Crippen LogP contribution in [0.25, 0.3) is 0 Å². The first-order chi connectivity index (χ1) is 9.13. The van der Waals surface area contributed by atoms with Gasteiger partial charge in [0.05, 0.1) is 13.2 Å². The average molecular weight is 277 g/mol. The second-order valence-corrected chi connectivity index (χ2v) is 5.57. The Hall–Kier alpha value is -1.62. The van der Waals surface area contributed by atoms with Crippen molar-refractivity contribution in [1.82, 2.24) is 9.97 Å². The zero-order chi connectivity index (χ0) is 13.8. The van der Waals surface area contributed by atoms with Gasteiger partial charge in [-0.25, -0.2) is 4.98 Å². The Morgan fingerprint density at radius 1 is 1.47 bits per heavy atom. The molecule has 0 saturated carbocycles. The summed E-state index contributed by atoms with van der Waals surface area (Å²) in [6.07, 6.45) is 2.77. The van der Waals surface area contributed by atoms with Crippen LogP contribution in [0.4, 0.5) is 5.95 Å². The molecule has 2 heterocycles. The van der Waals surface area contributed by atoms with Crippen LogP contribution in [-0.4, -0.2) is 17.1 Å². The summed E-state index contributed by atoms with van der Waals surface area (Å²) >= 11 is 1.85. The van der Waals surface area contributed by atoms with Gasteiger partial charge in [0, 0.05) is 22.0 Å². The van der Waals surface area contributed by atoms with Crippen LogP contribution >= 0.6 is 11.3 Å². The Labute approximate surface area is 117 Å². The van der Waals surface area contributed by atoms with E-state index in [2.05, 4.69) is 42.1 Å². The largest absolute Gasteiger partial charge is 0.481 e. The molecular weight excluding hydrogens is 258 g/mol. The lowest BCUT2D eigenvalue weighted by Crippen LogP contribution is -2.08. The van der Waals surface area contributed by atoms with Crippen LogP contribution in [0, 0.1) is 6.92 Å². The van der Waals surface area contributed by atoms with Crippen LogP contribution in [0.2, 0.25) is 0 Å². The number of nitrogens with one attached hydrogen (secondary N) is 1. The smallest absolute Gasteiger partial charge is 0.226 e. The van der Waals surface area contributed by atoms with E-state index in [1.165, 1.54) is 15.3 Å². The molecule has 0 radical (unpaired) electrons. The van der Waals surface area contributed by atoms with Crippen LogP contribution < -0.4 is 10.1 Å². The average Bonchev–Trinajstić information content (AvgIpc) is 2.80. The molecule has 0 aliphatic heterocycles. The highest BCUT2D eigenvalue weighted by Crippen LogP contribution is 2.29. The summed E-state index contributed by atoms with van der Waals surface area (Å²) < 4.78 is 5.09. The van der Waals surface area contributed by atoms with Gasteiger partial charge in [-0.15, -0.1) is 11.3 Å². The van der Waals surface area contributed by atoms with Crippen LogP contribution in [0.5, 0.6) is 5.88 Å². The third kappa shape index (κ3) is 3.23. The van der Waals surface area contributed by atoms with Crippen molar-refractivity contribution in [3.63, 3.8) is 0 Å². The van der Waals surface area contributed by atoms with Crippen molar-refractivity contribution in [2.45, 2.75) is 33.2 Å². The number of rotatable bonds is 5. The van der Waals surface area contributed by atoms with Crippen LogP contribution in [0.15, 0.2) is 18.3 Å². The molecule has 5 heteroatoms. The van der Waals surface area contributed by atoms with E-state index in [4.69, 9.17) is 4.74 Å². The van der Waals surface area contributed by atoms with Crippen LogP contribution in [0.3, 0.4) is 0 Å². The zero-order valence-electron chi connectivity index (χ0n) is 11.7. The monoisotopic (exact) mass is 277 g/mol. The Bertz CT molecular complexity index is 553. The van der Waals surface area contributed by atoms with E-state index < -0.39 is 0 Å². The van der Waals surface area contributed by atoms with E-state index in [1.54, 1.807) is 19.4 Å².